The highest BCUT2D eigenvalue weighted by atomic mass is 32.1. The maximum absolute atomic E-state index is 12.7. The van der Waals surface area contributed by atoms with Crippen molar-refractivity contribution in [3.05, 3.63) is 99.9 Å². The first-order valence-electron chi connectivity index (χ1n) is 10.5. The molecule has 0 bridgehead atoms. The molecule has 4 rings (SSSR count). The predicted octanol–water partition coefficient (Wildman–Crippen LogP) is 4.59. The molecule has 0 aliphatic carbocycles. The predicted molar refractivity (Wildman–Crippen MR) is 127 cm³/mol. The van der Waals surface area contributed by atoms with E-state index in [9.17, 15) is 4.79 Å². The molecule has 0 spiro atoms. The smallest absolute Gasteiger partial charge is 0.249 e. The van der Waals surface area contributed by atoms with Gasteiger partial charge >= 0.3 is 0 Å². The van der Waals surface area contributed by atoms with Crippen LogP contribution in [-0.2, 0) is 17.9 Å². The molecule has 2 aromatic carbocycles. The molecule has 0 unspecified atom stereocenters. The fourth-order valence-corrected chi connectivity index (χ4v) is 3.66. The number of H-pyrrole nitrogens is 1. The number of benzene rings is 2. The number of rotatable bonds is 6. The molecular weight excluding hydrogens is 418 g/mol. The summed E-state index contributed by atoms with van der Waals surface area (Å²) in [6.45, 7) is 5.16. The van der Waals surface area contributed by atoms with Crippen LogP contribution in [0.4, 0.5) is 0 Å². The lowest BCUT2D eigenvalue weighted by Gasteiger charge is -2.08. The van der Waals surface area contributed by atoms with Gasteiger partial charge in [0.1, 0.15) is 5.49 Å². The standard InChI is InChI=1S/C25H25N5OS/c1-18-6-10-20(11-7-18)17-29-15-4-3-5-22(29)26-23(31)14-16-30-24(27-28-25(30)32)21-12-8-19(2)9-13-21/h3-13,15H,14,16-17H2,1-2H3,(H,28,32). The van der Waals surface area contributed by atoms with E-state index in [1.54, 1.807) is 0 Å². The molecule has 6 nitrogen and oxygen atoms in total. The molecule has 1 amide bonds. The maximum Gasteiger partial charge on any atom is 0.249 e. The molecule has 2 aromatic heterocycles. The SMILES string of the molecule is Cc1ccc(Cn2ccccc2=NC(=O)CCn2c(-c3ccc(C)cc3)n[nH]c2=S)cc1. The van der Waals surface area contributed by atoms with Crippen molar-refractivity contribution in [3.63, 3.8) is 0 Å². The average molecular weight is 444 g/mol. The van der Waals surface area contributed by atoms with Crippen LogP contribution in [0.1, 0.15) is 23.1 Å². The average Bonchev–Trinajstić information content (AvgIpc) is 3.16. The van der Waals surface area contributed by atoms with Gasteiger partial charge in [-0.3, -0.25) is 14.5 Å². The highest BCUT2D eigenvalue weighted by Crippen LogP contribution is 2.18. The second-order valence-electron chi connectivity index (χ2n) is 7.80. The van der Waals surface area contributed by atoms with E-state index < -0.39 is 0 Å². The van der Waals surface area contributed by atoms with Crippen molar-refractivity contribution in [2.45, 2.75) is 33.4 Å². The number of nitrogens with zero attached hydrogens (tertiary/aromatic N) is 4. The molecule has 7 heteroatoms. The number of carbonyl (C=O) groups excluding carboxylic acids is 1. The van der Waals surface area contributed by atoms with Gasteiger partial charge in [-0.25, -0.2) is 0 Å². The van der Waals surface area contributed by atoms with Crippen molar-refractivity contribution in [1.29, 1.82) is 0 Å². The Labute approximate surface area is 191 Å². The minimum absolute atomic E-state index is 0.202. The second-order valence-corrected chi connectivity index (χ2v) is 8.18. The number of hydrogen-bond donors (Lipinski definition) is 1. The van der Waals surface area contributed by atoms with E-state index in [0.717, 1.165) is 17.0 Å². The topological polar surface area (TPSA) is 68.0 Å². The molecule has 1 N–H and O–H groups in total. The molecule has 0 atom stereocenters. The van der Waals surface area contributed by atoms with Crippen LogP contribution in [-0.4, -0.2) is 25.2 Å². The van der Waals surface area contributed by atoms with Crippen LogP contribution in [0.3, 0.4) is 0 Å². The summed E-state index contributed by atoms with van der Waals surface area (Å²) in [4.78, 5) is 17.1. The first-order chi connectivity index (χ1) is 15.5. The summed E-state index contributed by atoms with van der Waals surface area (Å²) in [5.74, 6) is 0.517. The molecule has 0 radical (unpaired) electrons. The molecule has 0 aliphatic heterocycles. The number of aryl methyl sites for hydroxylation is 2. The normalized spacial score (nSPS) is 11.6. The number of nitrogens with one attached hydrogen (secondary N) is 1. The Morgan fingerprint density at radius 2 is 1.69 bits per heavy atom. The zero-order chi connectivity index (χ0) is 22.5. The van der Waals surface area contributed by atoms with Crippen molar-refractivity contribution >= 4 is 18.1 Å². The number of pyridine rings is 1. The summed E-state index contributed by atoms with van der Waals surface area (Å²) in [5.41, 5.74) is 5.13. The summed E-state index contributed by atoms with van der Waals surface area (Å²) >= 11 is 5.38. The molecule has 0 aliphatic rings. The zero-order valence-corrected chi connectivity index (χ0v) is 19.0. The van der Waals surface area contributed by atoms with Crippen molar-refractivity contribution in [2.75, 3.05) is 0 Å². The fourth-order valence-electron chi connectivity index (χ4n) is 3.43. The minimum atomic E-state index is -0.202. The maximum atomic E-state index is 12.7. The lowest BCUT2D eigenvalue weighted by atomic mass is 10.1. The Bertz CT molecular complexity index is 1340. The molecule has 0 fully saturated rings. The van der Waals surface area contributed by atoms with E-state index in [1.165, 1.54) is 11.1 Å². The number of aromatic nitrogens is 4. The lowest BCUT2D eigenvalue weighted by Crippen LogP contribution is -2.22. The Morgan fingerprint density at radius 1 is 1.00 bits per heavy atom. The molecule has 32 heavy (non-hydrogen) atoms. The fraction of sp³-hybridized carbons (Fsp3) is 0.200. The van der Waals surface area contributed by atoms with E-state index in [1.807, 2.05) is 64.7 Å². The molecule has 0 saturated heterocycles. The van der Waals surface area contributed by atoms with Gasteiger partial charge in [-0.15, -0.1) is 0 Å². The van der Waals surface area contributed by atoms with E-state index in [4.69, 9.17) is 12.2 Å². The number of amides is 1. The quantitative estimate of drug-likeness (QED) is 0.443. The monoisotopic (exact) mass is 443 g/mol. The summed E-state index contributed by atoms with van der Waals surface area (Å²) in [6, 6.07) is 22.1. The molecule has 2 heterocycles. The van der Waals surface area contributed by atoms with Gasteiger partial charge in [0.05, 0.1) is 0 Å². The Balaban J connectivity index is 1.52. The Morgan fingerprint density at radius 3 is 2.41 bits per heavy atom. The van der Waals surface area contributed by atoms with Crippen LogP contribution in [0, 0.1) is 18.6 Å². The van der Waals surface area contributed by atoms with Crippen LogP contribution in [0.5, 0.6) is 0 Å². The highest BCUT2D eigenvalue weighted by Gasteiger charge is 2.10. The zero-order valence-electron chi connectivity index (χ0n) is 18.2. The third-order valence-electron chi connectivity index (χ3n) is 5.25. The summed E-state index contributed by atoms with van der Waals surface area (Å²) in [5, 5.41) is 7.18. The third-order valence-corrected chi connectivity index (χ3v) is 5.56. The van der Waals surface area contributed by atoms with Gasteiger partial charge in [0, 0.05) is 31.3 Å². The second kappa shape index (κ2) is 9.70. The van der Waals surface area contributed by atoms with Crippen LogP contribution in [0.2, 0.25) is 0 Å². The lowest BCUT2D eigenvalue weighted by molar-refractivity contribution is -0.118. The van der Waals surface area contributed by atoms with E-state index in [2.05, 4.69) is 46.4 Å². The minimum Gasteiger partial charge on any atom is -0.329 e. The Kier molecular flexibility index (Phi) is 6.56. The van der Waals surface area contributed by atoms with Crippen LogP contribution in [0.15, 0.2) is 77.9 Å². The van der Waals surface area contributed by atoms with Gasteiger partial charge in [0.25, 0.3) is 0 Å². The van der Waals surface area contributed by atoms with E-state index in [-0.39, 0.29) is 12.3 Å². The van der Waals surface area contributed by atoms with Gasteiger partial charge in [-0.1, -0.05) is 65.7 Å². The van der Waals surface area contributed by atoms with Crippen LogP contribution >= 0.6 is 12.2 Å². The van der Waals surface area contributed by atoms with Gasteiger partial charge in [-0.2, -0.15) is 10.1 Å². The Hall–Kier alpha value is -3.58. The van der Waals surface area contributed by atoms with Crippen LogP contribution in [0.25, 0.3) is 11.4 Å². The summed E-state index contributed by atoms with van der Waals surface area (Å²) in [6.07, 6.45) is 2.17. The van der Waals surface area contributed by atoms with Gasteiger partial charge < -0.3 is 4.57 Å². The van der Waals surface area contributed by atoms with Gasteiger partial charge in [0.15, 0.2) is 10.6 Å². The first-order valence-corrected chi connectivity index (χ1v) is 10.9. The molecule has 4 aromatic rings. The van der Waals surface area contributed by atoms with Gasteiger partial charge in [0.2, 0.25) is 5.91 Å². The molecule has 0 saturated carbocycles. The van der Waals surface area contributed by atoms with E-state index in [0.29, 0.717) is 23.3 Å². The summed E-state index contributed by atoms with van der Waals surface area (Å²) in [7, 11) is 0. The molecular formula is C25H25N5OS. The number of aromatic amines is 1. The number of hydrogen-bond acceptors (Lipinski definition) is 3. The van der Waals surface area contributed by atoms with E-state index >= 15 is 0 Å². The summed E-state index contributed by atoms with van der Waals surface area (Å²) < 4.78 is 4.31. The van der Waals surface area contributed by atoms with Crippen molar-refractivity contribution in [2.24, 2.45) is 4.99 Å². The van der Waals surface area contributed by atoms with Crippen molar-refractivity contribution < 1.29 is 4.79 Å². The first kappa shape index (κ1) is 21.6. The van der Waals surface area contributed by atoms with Crippen LogP contribution < -0.4 is 5.49 Å². The molecule has 162 valence electrons. The van der Waals surface area contributed by atoms with Crippen molar-refractivity contribution in [3.8, 4) is 11.4 Å². The van der Waals surface area contributed by atoms with Gasteiger partial charge in [-0.05, 0) is 43.8 Å². The number of carbonyl (C=O) groups is 1. The third kappa shape index (κ3) is 5.18. The largest absolute Gasteiger partial charge is 0.329 e. The highest BCUT2D eigenvalue weighted by molar-refractivity contribution is 7.71. The van der Waals surface area contributed by atoms with Crippen molar-refractivity contribution in [1.82, 2.24) is 19.3 Å².